The van der Waals surface area contributed by atoms with Gasteiger partial charge in [-0.3, -0.25) is 4.98 Å². The first-order chi connectivity index (χ1) is 4.74. The van der Waals surface area contributed by atoms with E-state index in [2.05, 4.69) is 4.98 Å². The van der Waals surface area contributed by atoms with E-state index >= 15 is 0 Å². The molecule has 0 N–H and O–H groups in total. The topological polar surface area (TPSA) is 12.9 Å². The quantitative estimate of drug-likeness (QED) is 0.660. The normalized spacial score (nSPS) is 9.00. The van der Waals surface area contributed by atoms with Crippen molar-refractivity contribution in [1.82, 2.24) is 4.98 Å². The van der Waals surface area contributed by atoms with Crippen molar-refractivity contribution in [3.05, 3.63) is 29.3 Å². The van der Waals surface area contributed by atoms with Gasteiger partial charge in [-0.15, -0.1) is 0 Å². The maximum Gasteiger partial charge on any atom is 0.141 e. The minimum Gasteiger partial charge on any atom is -0.258 e. The number of pyridine rings is 1. The molecule has 0 saturated heterocycles. The molecule has 0 saturated carbocycles. The minimum atomic E-state index is -0.255. The Morgan fingerprint density at radius 1 is 1.55 bits per heavy atom. The van der Waals surface area contributed by atoms with Crippen LogP contribution in [0.1, 0.15) is 18.2 Å². The Bertz CT molecular complexity index is 238. The molecule has 1 heterocycles. The van der Waals surface area contributed by atoms with Crippen LogP contribution in [0.25, 0.3) is 0 Å². The van der Waals surface area contributed by atoms with E-state index in [4.69, 9.17) is 0 Å². The van der Waals surface area contributed by atoms with Gasteiger partial charge in [-0.25, -0.2) is 4.39 Å². The first-order valence-corrected chi connectivity index (χ1v) is 3.35. The zero-order valence-corrected chi connectivity index (χ0v) is 8.03. The van der Waals surface area contributed by atoms with Crippen molar-refractivity contribution < 1.29 is 22.9 Å². The Morgan fingerprint density at radius 2 is 2.18 bits per heavy atom. The predicted octanol–water partition coefficient (Wildman–Crippen LogP) is 2.09. The summed E-state index contributed by atoms with van der Waals surface area (Å²) in [4.78, 5) is 3.92. The second-order valence-corrected chi connectivity index (χ2v) is 2.27. The fourth-order valence-electron chi connectivity index (χ4n) is 0.939. The first-order valence-electron chi connectivity index (χ1n) is 3.35. The van der Waals surface area contributed by atoms with Gasteiger partial charge >= 0.3 is 0 Å². The Morgan fingerprint density at radius 3 is 2.64 bits per heavy atom. The third-order valence-corrected chi connectivity index (χ3v) is 1.49. The predicted molar refractivity (Wildman–Crippen MR) is 38.3 cm³/mol. The van der Waals surface area contributed by atoms with Gasteiger partial charge in [0, 0.05) is 24.2 Å². The Hall–Kier alpha value is -0.336. The van der Waals surface area contributed by atoms with Crippen LogP contribution in [0.3, 0.4) is 0 Å². The van der Waals surface area contributed by atoms with Gasteiger partial charge in [-0.05, 0) is 25.0 Å². The summed E-state index contributed by atoms with van der Waals surface area (Å²) in [6, 6.07) is 1.51. The molecule has 3 heteroatoms. The average Bonchev–Trinajstić information content (AvgIpc) is 1.88. The molecule has 0 spiro atoms. The molecular weight excluding hydrogens is 180 g/mol. The van der Waals surface area contributed by atoms with Crippen molar-refractivity contribution in [2.24, 2.45) is 0 Å². The van der Waals surface area contributed by atoms with Crippen LogP contribution in [0.4, 0.5) is 4.39 Å². The smallest absolute Gasteiger partial charge is 0.141 e. The molecule has 0 aliphatic carbocycles. The summed E-state index contributed by atoms with van der Waals surface area (Å²) >= 11 is 0. The van der Waals surface area contributed by atoms with E-state index in [1.165, 1.54) is 12.3 Å². The molecule has 0 amide bonds. The monoisotopic (exact) mass is 190 g/mol. The number of nitrogens with zero attached hydrogens (tertiary/aromatic N) is 1. The number of rotatable bonds is 1. The van der Waals surface area contributed by atoms with Crippen molar-refractivity contribution in [1.29, 1.82) is 0 Å². The van der Waals surface area contributed by atoms with Gasteiger partial charge in [0.15, 0.2) is 0 Å². The molecule has 1 rings (SSSR count). The van der Waals surface area contributed by atoms with Crippen LogP contribution < -0.4 is 0 Å². The van der Waals surface area contributed by atoms with E-state index < -0.39 is 0 Å². The molecule has 1 radical (unpaired) electrons. The second-order valence-electron chi connectivity index (χ2n) is 2.27. The van der Waals surface area contributed by atoms with Gasteiger partial charge < -0.3 is 0 Å². The third kappa shape index (κ3) is 2.64. The van der Waals surface area contributed by atoms with Gasteiger partial charge in [0.1, 0.15) is 5.82 Å². The third-order valence-electron chi connectivity index (χ3n) is 1.49. The molecule has 1 aromatic rings. The number of aryl methyl sites for hydroxylation is 2. The first kappa shape index (κ1) is 10.7. The van der Waals surface area contributed by atoms with Crippen molar-refractivity contribution >= 4 is 0 Å². The van der Waals surface area contributed by atoms with Crippen LogP contribution in [0.2, 0.25) is 0 Å². The number of halogens is 1. The molecule has 0 atom stereocenters. The van der Waals surface area contributed by atoms with Crippen molar-refractivity contribution in [3.8, 4) is 0 Å². The SMILES string of the molecule is CCc1ncc(F)cc1C.[V]. The van der Waals surface area contributed by atoms with E-state index in [9.17, 15) is 4.39 Å². The maximum atomic E-state index is 12.4. The summed E-state index contributed by atoms with van der Waals surface area (Å²) in [5.74, 6) is -0.255. The molecule has 1 aromatic heterocycles. The zero-order valence-electron chi connectivity index (χ0n) is 6.63. The number of aromatic nitrogens is 1. The van der Waals surface area contributed by atoms with Gasteiger partial charge in [0.05, 0.1) is 6.20 Å². The molecule has 0 unspecified atom stereocenters. The summed E-state index contributed by atoms with van der Waals surface area (Å²) in [5, 5.41) is 0. The average molecular weight is 190 g/mol. The van der Waals surface area contributed by atoms with Crippen LogP contribution >= 0.6 is 0 Å². The fraction of sp³-hybridized carbons (Fsp3) is 0.375. The molecule has 0 fully saturated rings. The summed E-state index contributed by atoms with van der Waals surface area (Å²) < 4.78 is 12.4. The van der Waals surface area contributed by atoms with Crippen molar-refractivity contribution in [3.63, 3.8) is 0 Å². The summed E-state index contributed by atoms with van der Waals surface area (Å²) in [7, 11) is 0. The zero-order chi connectivity index (χ0) is 7.56. The van der Waals surface area contributed by atoms with E-state index in [-0.39, 0.29) is 24.4 Å². The van der Waals surface area contributed by atoms with Crippen LogP contribution in [0.5, 0.6) is 0 Å². The van der Waals surface area contributed by atoms with Crippen LogP contribution in [0, 0.1) is 12.7 Å². The van der Waals surface area contributed by atoms with Crippen molar-refractivity contribution in [2.45, 2.75) is 20.3 Å². The molecular formula is C8H10FNV. The fourth-order valence-corrected chi connectivity index (χ4v) is 0.939. The largest absolute Gasteiger partial charge is 0.258 e. The van der Waals surface area contributed by atoms with E-state index in [0.717, 1.165) is 17.7 Å². The molecule has 0 bridgehead atoms. The summed E-state index contributed by atoms with van der Waals surface area (Å²) in [6.45, 7) is 3.88. The number of hydrogen-bond acceptors (Lipinski definition) is 1. The summed E-state index contributed by atoms with van der Waals surface area (Å²) in [5.41, 5.74) is 1.91. The van der Waals surface area contributed by atoms with Gasteiger partial charge in [0.2, 0.25) is 0 Å². The van der Waals surface area contributed by atoms with E-state index in [1.54, 1.807) is 0 Å². The summed E-state index contributed by atoms with van der Waals surface area (Å²) in [6.07, 6.45) is 2.12. The van der Waals surface area contributed by atoms with Gasteiger partial charge in [-0.1, -0.05) is 6.92 Å². The molecule has 0 aliphatic heterocycles. The molecule has 0 aliphatic rings. The molecule has 59 valence electrons. The minimum absolute atomic E-state index is 0. The second kappa shape index (κ2) is 4.52. The van der Waals surface area contributed by atoms with Crippen LogP contribution in [-0.2, 0) is 25.0 Å². The Balaban J connectivity index is 0.000001000. The molecule has 0 aromatic carbocycles. The van der Waals surface area contributed by atoms with Crippen molar-refractivity contribution in [2.75, 3.05) is 0 Å². The van der Waals surface area contributed by atoms with Gasteiger partial charge in [0.25, 0.3) is 0 Å². The van der Waals surface area contributed by atoms with Crippen LogP contribution in [0.15, 0.2) is 12.3 Å². The van der Waals surface area contributed by atoms with E-state index in [0.29, 0.717) is 0 Å². The standard InChI is InChI=1S/C8H10FN.V/c1-3-8-6(2)4-7(9)5-10-8;/h4-5H,3H2,1-2H3;. The molecule has 1 nitrogen and oxygen atoms in total. The van der Waals surface area contributed by atoms with Gasteiger partial charge in [-0.2, -0.15) is 0 Å². The van der Waals surface area contributed by atoms with Crippen LogP contribution in [-0.4, -0.2) is 4.98 Å². The Labute approximate surface area is 77.9 Å². The van der Waals surface area contributed by atoms with E-state index in [1.807, 2.05) is 13.8 Å². The maximum absolute atomic E-state index is 12.4. The Kier molecular flexibility index (Phi) is 4.39. The number of hydrogen-bond donors (Lipinski definition) is 0. The molecule has 11 heavy (non-hydrogen) atoms.